The summed E-state index contributed by atoms with van der Waals surface area (Å²) in [6.07, 6.45) is 5.37. The van der Waals surface area contributed by atoms with Crippen molar-refractivity contribution in [1.29, 1.82) is 0 Å². The number of hydrogen-bond donors (Lipinski definition) is 0. The van der Waals surface area contributed by atoms with Gasteiger partial charge in [-0.05, 0) is 48.2 Å². The molecule has 4 heterocycles. The molecule has 0 radical (unpaired) electrons. The van der Waals surface area contributed by atoms with E-state index < -0.39 is 25.0 Å². The quantitative estimate of drug-likeness (QED) is 0.140. The zero-order valence-electron chi connectivity index (χ0n) is 24.8. The van der Waals surface area contributed by atoms with Crippen LogP contribution in [0.2, 0.25) is 0 Å². The van der Waals surface area contributed by atoms with Crippen LogP contribution >= 0.6 is 0 Å². The monoisotopic (exact) mass is 636 g/mol. The van der Waals surface area contributed by atoms with Gasteiger partial charge in [-0.15, -0.1) is 0 Å². The number of aryl methyl sites for hydroxylation is 2. The van der Waals surface area contributed by atoms with Gasteiger partial charge in [-0.3, -0.25) is 9.97 Å². The van der Waals surface area contributed by atoms with Gasteiger partial charge in [-0.1, -0.05) is 24.0 Å². The highest BCUT2D eigenvalue weighted by Gasteiger charge is 2.07. The maximum absolute atomic E-state index is 13.2. The third kappa shape index (κ3) is 9.35. The second kappa shape index (κ2) is 16.0. The first-order chi connectivity index (χ1) is 22.9. The zero-order valence-corrected chi connectivity index (χ0v) is 24.8. The summed E-state index contributed by atoms with van der Waals surface area (Å²) in [5.41, 5.74) is 5.01. The van der Waals surface area contributed by atoms with Crippen molar-refractivity contribution in [2.45, 2.75) is 39.0 Å². The Balaban J connectivity index is 0.000000185. The van der Waals surface area contributed by atoms with Crippen LogP contribution in [0.1, 0.15) is 47.0 Å². The van der Waals surface area contributed by atoms with Crippen molar-refractivity contribution in [3.8, 4) is 23.7 Å². The molecule has 0 fully saturated rings. The number of aromatic nitrogens is 6. The average Bonchev–Trinajstić information content (AvgIpc) is 3.09. The van der Waals surface area contributed by atoms with E-state index in [0.717, 1.165) is 17.8 Å². The standard InChI is InChI=1S/C18H12F3N3.C18H13F2N3/c19-10-13-7-3-6-12(23-13)4-1-2-5-14-11-22-17-8-15(20)16(21)9-18(17)24-14;19-11-15-7-3-6-14(22-15)4-1-2-5-16-12-21-18-10-13(20)8-9-17(18)23-16/h3,6-9,11H,2,5,10H2;3,6-10,12H,2,5,11H2. The molecule has 0 aliphatic heterocycles. The van der Waals surface area contributed by atoms with Crippen molar-refractivity contribution >= 4 is 22.1 Å². The molecule has 2 aromatic carbocycles. The van der Waals surface area contributed by atoms with Crippen LogP contribution in [0.4, 0.5) is 22.0 Å². The highest BCUT2D eigenvalue weighted by atomic mass is 19.2. The fourth-order valence-electron chi connectivity index (χ4n) is 4.24. The first-order valence-electron chi connectivity index (χ1n) is 14.4. The molecule has 47 heavy (non-hydrogen) atoms. The second-order valence-corrected chi connectivity index (χ2v) is 10.0. The minimum Gasteiger partial charge on any atom is -0.253 e. The molecule has 234 valence electrons. The van der Waals surface area contributed by atoms with E-state index in [9.17, 15) is 22.0 Å². The molecule has 0 amide bonds. The zero-order chi connectivity index (χ0) is 33.0. The molecule has 0 N–H and O–H groups in total. The molecule has 11 heteroatoms. The molecule has 0 saturated carbocycles. The molecule has 6 rings (SSSR count). The summed E-state index contributed by atoms with van der Waals surface area (Å²) in [6.45, 7) is -1.22. The summed E-state index contributed by atoms with van der Waals surface area (Å²) in [4.78, 5) is 25.1. The predicted octanol–water partition coefficient (Wildman–Crippen LogP) is 7.37. The molecule has 0 atom stereocenters. The number of benzene rings is 2. The van der Waals surface area contributed by atoms with Crippen molar-refractivity contribution in [1.82, 2.24) is 29.9 Å². The Bertz CT molecular complexity index is 2150. The van der Waals surface area contributed by atoms with Crippen LogP contribution in [0.15, 0.2) is 79.1 Å². The largest absolute Gasteiger partial charge is 0.253 e. The van der Waals surface area contributed by atoms with Crippen molar-refractivity contribution in [2.24, 2.45) is 0 Å². The number of pyridine rings is 2. The maximum atomic E-state index is 13.2. The molecule has 6 nitrogen and oxygen atoms in total. The van der Waals surface area contributed by atoms with Gasteiger partial charge in [0.1, 0.15) is 30.6 Å². The van der Waals surface area contributed by atoms with Gasteiger partial charge in [-0.2, -0.15) is 0 Å². The van der Waals surface area contributed by atoms with E-state index in [1.54, 1.807) is 48.7 Å². The summed E-state index contributed by atoms with van der Waals surface area (Å²) in [7, 11) is 0. The van der Waals surface area contributed by atoms with E-state index in [1.165, 1.54) is 18.3 Å². The molecular weight excluding hydrogens is 611 g/mol. The lowest BCUT2D eigenvalue weighted by molar-refractivity contribution is 0.475. The lowest BCUT2D eigenvalue weighted by Gasteiger charge is -2.01. The number of halogens is 5. The van der Waals surface area contributed by atoms with E-state index in [2.05, 4.69) is 53.6 Å². The average molecular weight is 637 g/mol. The van der Waals surface area contributed by atoms with Gasteiger partial charge < -0.3 is 0 Å². The van der Waals surface area contributed by atoms with Crippen LogP contribution in [0.5, 0.6) is 0 Å². The Labute approximate surface area is 267 Å². The summed E-state index contributed by atoms with van der Waals surface area (Å²) >= 11 is 0. The Morgan fingerprint density at radius 2 is 1.02 bits per heavy atom. The first-order valence-corrected chi connectivity index (χ1v) is 14.4. The van der Waals surface area contributed by atoms with E-state index >= 15 is 0 Å². The molecule has 0 bridgehead atoms. The van der Waals surface area contributed by atoms with Crippen LogP contribution in [-0.2, 0) is 26.2 Å². The smallest absolute Gasteiger partial charge is 0.161 e. The predicted molar refractivity (Wildman–Crippen MR) is 167 cm³/mol. The van der Waals surface area contributed by atoms with Gasteiger partial charge in [0.05, 0.1) is 44.8 Å². The van der Waals surface area contributed by atoms with Crippen molar-refractivity contribution in [3.05, 3.63) is 131 Å². The molecule has 0 aliphatic carbocycles. The number of rotatable bonds is 6. The fourth-order valence-corrected chi connectivity index (χ4v) is 4.24. The number of fused-ring (bicyclic) bond motifs is 2. The Morgan fingerprint density at radius 1 is 0.511 bits per heavy atom. The normalized spacial score (nSPS) is 10.4. The topological polar surface area (TPSA) is 77.3 Å². The SMILES string of the molecule is FCc1cccc(C#CCCc2cnc3cc(F)c(F)cc3n2)n1.FCc1cccc(C#CCCc2cnc3cc(F)ccc3n2)n1. The Morgan fingerprint density at radius 3 is 1.57 bits per heavy atom. The van der Waals surface area contributed by atoms with E-state index in [0.29, 0.717) is 76.2 Å². The molecule has 0 aliphatic rings. The lowest BCUT2D eigenvalue weighted by atomic mass is 10.2. The second-order valence-electron chi connectivity index (χ2n) is 10.0. The van der Waals surface area contributed by atoms with Crippen LogP contribution in [0, 0.1) is 41.1 Å². The van der Waals surface area contributed by atoms with Gasteiger partial charge in [0.15, 0.2) is 11.6 Å². The van der Waals surface area contributed by atoms with Crippen molar-refractivity contribution < 1.29 is 22.0 Å². The van der Waals surface area contributed by atoms with E-state index in [1.807, 2.05) is 0 Å². The molecule has 0 spiro atoms. The molecular formula is C36H25F5N6. The summed E-state index contributed by atoms with van der Waals surface area (Å²) < 4.78 is 64.5. The van der Waals surface area contributed by atoms with Gasteiger partial charge in [0, 0.05) is 56.3 Å². The maximum Gasteiger partial charge on any atom is 0.161 e. The van der Waals surface area contributed by atoms with Gasteiger partial charge in [0.25, 0.3) is 0 Å². The summed E-state index contributed by atoms with van der Waals surface area (Å²) in [5.74, 6) is 9.47. The third-order valence-corrected chi connectivity index (χ3v) is 6.52. The Kier molecular flexibility index (Phi) is 11.1. The van der Waals surface area contributed by atoms with Crippen LogP contribution in [0.3, 0.4) is 0 Å². The number of nitrogens with zero attached hydrogens (tertiary/aromatic N) is 6. The van der Waals surface area contributed by atoms with Gasteiger partial charge in [0.2, 0.25) is 0 Å². The van der Waals surface area contributed by atoms with Gasteiger partial charge in [-0.25, -0.2) is 41.9 Å². The summed E-state index contributed by atoms with van der Waals surface area (Å²) in [5, 5.41) is 0. The fraction of sp³-hybridized carbons (Fsp3) is 0.167. The third-order valence-electron chi connectivity index (χ3n) is 6.52. The summed E-state index contributed by atoms with van der Waals surface area (Å²) in [6, 6.07) is 16.5. The van der Waals surface area contributed by atoms with Crippen LogP contribution in [-0.4, -0.2) is 29.9 Å². The molecule has 0 saturated heterocycles. The number of hydrogen-bond acceptors (Lipinski definition) is 6. The van der Waals surface area contributed by atoms with Crippen molar-refractivity contribution in [2.75, 3.05) is 0 Å². The highest BCUT2D eigenvalue weighted by Crippen LogP contribution is 2.16. The van der Waals surface area contributed by atoms with E-state index in [4.69, 9.17) is 0 Å². The van der Waals surface area contributed by atoms with Gasteiger partial charge >= 0.3 is 0 Å². The minimum atomic E-state index is -0.951. The van der Waals surface area contributed by atoms with Crippen molar-refractivity contribution in [3.63, 3.8) is 0 Å². The highest BCUT2D eigenvalue weighted by molar-refractivity contribution is 5.74. The molecule has 4 aromatic heterocycles. The van der Waals surface area contributed by atoms with E-state index in [-0.39, 0.29) is 5.82 Å². The first kappa shape index (κ1) is 32.6. The lowest BCUT2D eigenvalue weighted by Crippen LogP contribution is -1.95. The minimum absolute atomic E-state index is 0.302. The molecule has 0 unspecified atom stereocenters. The van der Waals surface area contributed by atoms with Crippen LogP contribution in [0.25, 0.3) is 22.1 Å². The van der Waals surface area contributed by atoms with Crippen LogP contribution < -0.4 is 0 Å². The number of alkyl halides is 2. The molecule has 6 aromatic rings. The Hall–Kier alpha value is -5.81.